The largest absolute Gasteiger partial charge is 0.497 e. The molecule has 0 aliphatic heterocycles. The van der Waals surface area contributed by atoms with Gasteiger partial charge in [0.1, 0.15) is 17.2 Å². The molecule has 2 aromatic carbocycles. The van der Waals surface area contributed by atoms with Gasteiger partial charge in [-0.2, -0.15) is 12.6 Å². The first-order chi connectivity index (χ1) is 13.5. The van der Waals surface area contributed by atoms with E-state index in [9.17, 15) is 4.79 Å². The van der Waals surface area contributed by atoms with Gasteiger partial charge >= 0.3 is 5.97 Å². The summed E-state index contributed by atoms with van der Waals surface area (Å²) in [5.74, 6) is 0.133. The summed E-state index contributed by atoms with van der Waals surface area (Å²) in [6.07, 6.45) is 1.70. The summed E-state index contributed by atoms with van der Waals surface area (Å²) >= 11 is 4.68. The topological polar surface area (TPSA) is 85.5 Å². The van der Waals surface area contributed by atoms with E-state index in [1.165, 1.54) is 6.07 Å². The molecule has 6 nitrogen and oxygen atoms in total. The van der Waals surface area contributed by atoms with Crippen LogP contribution in [0.3, 0.4) is 0 Å². The van der Waals surface area contributed by atoms with Crippen molar-refractivity contribution in [3.63, 3.8) is 0 Å². The van der Waals surface area contributed by atoms with Crippen LogP contribution < -0.4 is 4.74 Å². The quantitative estimate of drug-likeness (QED) is 0.482. The Kier molecular flexibility index (Phi) is 4.75. The van der Waals surface area contributed by atoms with Crippen LogP contribution in [-0.2, 0) is 0 Å². The standard InChI is InChI=1S/C21H16N2O4S/c1-26-15-5-2-12(3-6-15)16-8-9-22-20(23-16)19(28)13-4-7-17-14(10-13)11-18(27-17)21(24)25/h2-11,19,28H,1H3,(H,24,25). The van der Waals surface area contributed by atoms with Gasteiger partial charge in [-0.15, -0.1) is 0 Å². The SMILES string of the molecule is COc1ccc(-c2ccnc(C(S)c3ccc4oc(C(=O)O)cc4c3)n2)cc1. The summed E-state index contributed by atoms with van der Waals surface area (Å²) in [5.41, 5.74) is 3.08. The first kappa shape index (κ1) is 18.1. The van der Waals surface area contributed by atoms with Crippen molar-refractivity contribution >= 4 is 29.6 Å². The Hall–Kier alpha value is -3.32. The fourth-order valence-electron chi connectivity index (χ4n) is 2.91. The Balaban J connectivity index is 1.66. The highest BCUT2D eigenvalue weighted by Gasteiger charge is 2.16. The highest BCUT2D eigenvalue weighted by molar-refractivity contribution is 7.80. The van der Waals surface area contributed by atoms with Crippen LogP contribution in [0.5, 0.6) is 5.75 Å². The predicted octanol–water partition coefficient (Wildman–Crippen LogP) is 4.62. The van der Waals surface area contributed by atoms with E-state index < -0.39 is 5.97 Å². The molecular formula is C21H16N2O4S. The number of thiol groups is 1. The fourth-order valence-corrected chi connectivity index (χ4v) is 3.20. The molecule has 0 saturated carbocycles. The number of hydrogen-bond donors (Lipinski definition) is 2. The van der Waals surface area contributed by atoms with Crippen LogP contribution in [0.25, 0.3) is 22.2 Å². The molecule has 7 heteroatoms. The van der Waals surface area contributed by atoms with Gasteiger partial charge in [0.15, 0.2) is 0 Å². The molecule has 140 valence electrons. The van der Waals surface area contributed by atoms with E-state index in [1.54, 1.807) is 19.4 Å². The van der Waals surface area contributed by atoms with E-state index in [0.29, 0.717) is 16.8 Å². The lowest BCUT2D eigenvalue weighted by Gasteiger charge is -2.11. The number of carbonyl (C=O) groups is 1. The second-order valence-electron chi connectivity index (χ2n) is 6.14. The highest BCUT2D eigenvalue weighted by Crippen LogP contribution is 2.31. The monoisotopic (exact) mass is 392 g/mol. The lowest BCUT2D eigenvalue weighted by molar-refractivity contribution is 0.0665. The summed E-state index contributed by atoms with van der Waals surface area (Å²) < 4.78 is 10.5. The Morgan fingerprint density at radius 1 is 1.14 bits per heavy atom. The minimum atomic E-state index is -1.10. The molecule has 0 spiro atoms. The van der Waals surface area contributed by atoms with Crippen molar-refractivity contribution in [1.29, 1.82) is 0 Å². The van der Waals surface area contributed by atoms with Crippen LogP contribution in [-0.4, -0.2) is 28.2 Å². The summed E-state index contributed by atoms with van der Waals surface area (Å²) in [6, 6.07) is 16.4. The van der Waals surface area contributed by atoms with Crippen LogP contribution in [0.2, 0.25) is 0 Å². The summed E-state index contributed by atoms with van der Waals surface area (Å²) in [5, 5.41) is 9.40. The van der Waals surface area contributed by atoms with E-state index in [4.69, 9.17) is 14.3 Å². The summed E-state index contributed by atoms with van der Waals surface area (Å²) in [6.45, 7) is 0. The minimum absolute atomic E-state index is 0.0967. The van der Waals surface area contributed by atoms with Gasteiger partial charge in [-0.3, -0.25) is 0 Å². The van der Waals surface area contributed by atoms with E-state index in [-0.39, 0.29) is 11.0 Å². The molecule has 2 aromatic heterocycles. The molecule has 0 fully saturated rings. The van der Waals surface area contributed by atoms with E-state index in [2.05, 4.69) is 22.6 Å². The second kappa shape index (κ2) is 7.36. The molecule has 0 bridgehead atoms. The van der Waals surface area contributed by atoms with E-state index >= 15 is 0 Å². The molecule has 28 heavy (non-hydrogen) atoms. The van der Waals surface area contributed by atoms with Gasteiger partial charge in [0, 0.05) is 17.1 Å². The average Bonchev–Trinajstić information content (AvgIpc) is 3.17. The van der Waals surface area contributed by atoms with E-state index in [0.717, 1.165) is 22.6 Å². The van der Waals surface area contributed by atoms with Crippen molar-refractivity contribution < 1.29 is 19.1 Å². The van der Waals surface area contributed by atoms with Gasteiger partial charge in [-0.05, 0) is 54.1 Å². The van der Waals surface area contributed by atoms with Crippen LogP contribution >= 0.6 is 12.6 Å². The van der Waals surface area contributed by atoms with Crippen molar-refractivity contribution in [3.8, 4) is 17.0 Å². The third-order valence-electron chi connectivity index (χ3n) is 4.37. The molecule has 2 heterocycles. The highest BCUT2D eigenvalue weighted by atomic mass is 32.1. The molecule has 0 aliphatic carbocycles. The van der Waals surface area contributed by atoms with E-state index in [1.807, 2.05) is 42.5 Å². The van der Waals surface area contributed by atoms with Crippen molar-refractivity contribution in [2.75, 3.05) is 7.11 Å². The molecule has 4 rings (SSSR count). The number of rotatable bonds is 5. The number of aromatic carboxylic acids is 1. The molecule has 0 amide bonds. The zero-order valence-corrected chi connectivity index (χ0v) is 15.8. The molecule has 4 aromatic rings. The van der Waals surface area contributed by atoms with Crippen LogP contribution in [0, 0.1) is 0 Å². The zero-order valence-electron chi connectivity index (χ0n) is 14.9. The maximum absolute atomic E-state index is 11.1. The minimum Gasteiger partial charge on any atom is -0.497 e. The van der Waals surface area contributed by atoms with Gasteiger partial charge in [0.25, 0.3) is 0 Å². The van der Waals surface area contributed by atoms with Gasteiger partial charge in [0.2, 0.25) is 5.76 Å². The van der Waals surface area contributed by atoms with Gasteiger partial charge in [-0.1, -0.05) is 6.07 Å². The van der Waals surface area contributed by atoms with Gasteiger partial charge in [0.05, 0.1) is 18.1 Å². The Labute approximate surface area is 166 Å². The number of aromatic nitrogens is 2. The Morgan fingerprint density at radius 3 is 2.64 bits per heavy atom. The molecule has 1 unspecified atom stereocenters. The number of carboxylic acids is 1. The molecule has 0 saturated heterocycles. The molecule has 0 radical (unpaired) electrons. The smallest absolute Gasteiger partial charge is 0.371 e. The fraction of sp³-hybridized carbons (Fsp3) is 0.0952. The lowest BCUT2D eigenvalue weighted by Crippen LogP contribution is -2.01. The van der Waals surface area contributed by atoms with Crippen molar-refractivity contribution in [2.45, 2.75) is 5.25 Å². The van der Waals surface area contributed by atoms with Crippen LogP contribution in [0.4, 0.5) is 0 Å². The third-order valence-corrected chi connectivity index (χ3v) is 4.90. The number of carboxylic acid groups (broad SMARTS) is 1. The van der Waals surface area contributed by atoms with Gasteiger partial charge in [-0.25, -0.2) is 14.8 Å². The number of furan rings is 1. The van der Waals surface area contributed by atoms with Crippen LogP contribution in [0.1, 0.15) is 27.2 Å². The maximum Gasteiger partial charge on any atom is 0.371 e. The summed E-state index contributed by atoms with van der Waals surface area (Å²) in [7, 11) is 1.62. The number of nitrogens with zero attached hydrogens (tertiary/aromatic N) is 2. The molecule has 1 atom stereocenters. The van der Waals surface area contributed by atoms with Crippen molar-refractivity contribution in [1.82, 2.24) is 9.97 Å². The first-order valence-corrected chi connectivity index (χ1v) is 8.99. The van der Waals surface area contributed by atoms with Crippen LogP contribution in [0.15, 0.2) is 65.2 Å². The number of methoxy groups -OCH3 is 1. The Morgan fingerprint density at radius 2 is 1.93 bits per heavy atom. The average molecular weight is 392 g/mol. The molecule has 0 aliphatic rings. The number of hydrogen-bond acceptors (Lipinski definition) is 6. The number of fused-ring (bicyclic) bond motifs is 1. The second-order valence-corrected chi connectivity index (χ2v) is 6.66. The molecular weight excluding hydrogens is 376 g/mol. The van der Waals surface area contributed by atoms with Gasteiger partial charge < -0.3 is 14.3 Å². The first-order valence-electron chi connectivity index (χ1n) is 8.47. The normalized spacial score (nSPS) is 12.1. The van der Waals surface area contributed by atoms with Crippen molar-refractivity contribution in [3.05, 3.63) is 77.9 Å². The maximum atomic E-state index is 11.1. The third kappa shape index (κ3) is 3.44. The summed E-state index contributed by atoms with van der Waals surface area (Å²) in [4.78, 5) is 20.1. The predicted molar refractivity (Wildman–Crippen MR) is 108 cm³/mol. The zero-order chi connectivity index (χ0) is 19.7. The molecule has 1 N–H and O–H groups in total. The lowest BCUT2D eigenvalue weighted by atomic mass is 10.1. The number of ether oxygens (including phenoxy) is 1. The van der Waals surface area contributed by atoms with Crippen molar-refractivity contribution in [2.24, 2.45) is 0 Å². The Bertz CT molecular complexity index is 1150. The number of benzene rings is 2.